The van der Waals surface area contributed by atoms with E-state index in [1.807, 2.05) is 91.0 Å². The van der Waals surface area contributed by atoms with Gasteiger partial charge >= 0.3 is 6.09 Å². The average molecular weight is 577 g/mol. The average Bonchev–Trinajstić information content (AvgIpc) is 2.95. The van der Waals surface area contributed by atoms with Gasteiger partial charge in [-0.1, -0.05) is 91.0 Å². The van der Waals surface area contributed by atoms with Crippen molar-refractivity contribution < 1.29 is 29.6 Å². The molecule has 0 unspecified atom stereocenters. The second-order valence-electron chi connectivity index (χ2n) is 11.4. The first kappa shape index (κ1) is 32.6. The van der Waals surface area contributed by atoms with Gasteiger partial charge in [0, 0.05) is 25.7 Å². The third-order valence-corrected chi connectivity index (χ3v) is 6.70. The Morgan fingerprint density at radius 3 is 1.74 bits per heavy atom. The van der Waals surface area contributed by atoms with Crippen molar-refractivity contribution in [1.82, 2.24) is 15.5 Å². The highest BCUT2D eigenvalue weighted by Gasteiger charge is 2.28. The maximum Gasteiger partial charge on any atom is 0.407 e. The topological polar surface area (TPSA) is 134 Å². The maximum atomic E-state index is 12.6. The summed E-state index contributed by atoms with van der Waals surface area (Å²) in [6, 6.07) is 26.8. The van der Waals surface area contributed by atoms with Crippen LogP contribution in [0, 0.1) is 0 Å². The largest absolute Gasteiger partial charge is 0.530 e. The van der Waals surface area contributed by atoms with Crippen LogP contribution in [0.1, 0.15) is 37.5 Å². The van der Waals surface area contributed by atoms with Crippen LogP contribution in [0.25, 0.3) is 0 Å². The fourth-order valence-corrected chi connectivity index (χ4v) is 4.60. The zero-order valence-electron chi connectivity index (χ0n) is 24.5. The minimum absolute atomic E-state index is 0.0197. The molecule has 0 saturated heterocycles. The van der Waals surface area contributed by atoms with Crippen molar-refractivity contribution in [3.63, 3.8) is 0 Å². The molecule has 0 spiro atoms. The lowest BCUT2D eigenvalue weighted by Crippen LogP contribution is -2.55. The Morgan fingerprint density at radius 2 is 1.26 bits per heavy atom. The number of aliphatic hydroxyl groups excluding tert-OH is 2. The predicted octanol–water partition coefficient (Wildman–Crippen LogP) is 2.89. The van der Waals surface area contributed by atoms with E-state index in [0.717, 1.165) is 21.6 Å². The van der Waals surface area contributed by atoms with Crippen LogP contribution in [-0.2, 0) is 24.1 Å². The molecular formula is C33H42N3O6-. The molecule has 0 aliphatic carbocycles. The van der Waals surface area contributed by atoms with Crippen molar-refractivity contribution in [3.05, 3.63) is 108 Å². The Hall–Kier alpha value is -3.92. The number of benzene rings is 3. The number of carbonyl (C=O) groups is 2. The van der Waals surface area contributed by atoms with Gasteiger partial charge in [0.25, 0.3) is 0 Å². The van der Waals surface area contributed by atoms with Gasteiger partial charge in [0.15, 0.2) is 0 Å². The number of hydrogen-bond acceptors (Lipinski definition) is 7. The monoisotopic (exact) mass is 576 g/mol. The van der Waals surface area contributed by atoms with E-state index in [0.29, 0.717) is 12.8 Å². The van der Waals surface area contributed by atoms with Gasteiger partial charge < -0.3 is 40.4 Å². The fraction of sp³-hybridized carbons (Fsp3) is 0.394. The van der Waals surface area contributed by atoms with Gasteiger partial charge in [-0.05, 0) is 50.3 Å². The quantitative estimate of drug-likeness (QED) is 0.232. The van der Waals surface area contributed by atoms with Crippen LogP contribution < -0.4 is 15.7 Å². The lowest BCUT2D eigenvalue weighted by Gasteiger charge is -2.33. The standard InChI is InChI=1S/C33H43N3O6/c1-33(2,3)42-31(39)35-28(20-25-15-9-5-10-16-25)29(37)21-34-27(19-24-13-7-4-8-14-24)30(38)23-36(32(40)41)22-26-17-11-6-12-18-26/h4-18,27-30,34,37-38H,19-23H2,1-3H3,(H,35,39)(H,40,41)/p-1/t27-,28+,29-,30-/m1/s1. The minimum atomic E-state index is -1.39. The summed E-state index contributed by atoms with van der Waals surface area (Å²) < 4.78 is 5.43. The van der Waals surface area contributed by atoms with Crippen molar-refractivity contribution in [2.45, 2.75) is 70.1 Å². The molecule has 4 atom stereocenters. The van der Waals surface area contributed by atoms with Gasteiger partial charge in [-0.3, -0.25) is 0 Å². The number of carbonyl (C=O) groups excluding carboxylic acids is 2. The van der Waals surface area contributed by atoms with Crippen LogP contribution in [0.4, 0.5) is 9.59 Å². The minimum Gasteiger partial charge on any atom is -0.530 e. The van der Waals surface area contributed by atoms with Crippen molar-refractivity contribution in [1.29, 1.82) is 0 Å². The van der Waals surface area contributed by atoms with Crippen LogP contribution >= 0.6 is 0 Å². The molecule has 0 heterocycles. The summed E-state index contributed by atoms with van der Waals surface area (Å²) in [5.74, 6) is 0. The molecule has 0 saturated carbocycles. The summed E-state index contributed by atoms with van der Waals surface area (Å²) in [5.41, 5.74) is 1.91. The molecular weight excluding hydrogens is 534 g/mol. The Kier molecular flexibility index (Phi) is 12.3. The third-order valence-electron chi connectivity index (χ3n) is 6.70. The summed E-state index contributed by atoms with van der Waals surface area (Å²) in [6.07, 6.45) is -3.47. The highest BCUT2D eigenvalue weighted by atomic mass is 16.6. The van der Waals surface area contributed by atoms with E-state index in [1.165, 1.54) is 0 Å². The second kappa shape index (κ2) is 15.9. The molecule has 3 rings (SSSR count). The normalized spacial score (nSPS) is 14.3. The molecule has 0 aliphatic rings. The van der Waals surface area contributed by atoms with Crippen molar-refractivity contribution in [2.75, 3.05) is 13.1 Å². The molecule has 0 radical (unpaired) electrons. The number of ether oxygens (including phenoxy) is 1. The van der Waals surface area contributed by atoms with Gasteiger partial charge in [-0.25, -0.2) is 4.79 Å². The first-order valence-electron chi connectivity index (χ1n) is 14.2. The van der Waals surface area contributed by atoms with E-state index in [2.05, 4.69) is 10.6 Å². The maximum absolute atomic E-state index is 12.6. The van der Waals surface area contributed by atoms with Crippen molar-refractivity contribution in [3.8, 4) is 0 Å². The zero-order valence-corrected chi connectivity index (χ0v) is 24.5. The molecule has 4 N–H and O–H groups in total. The number of nitrogens with zero attached hydrogens (tertiary/aromatic N) is 1. The molecule has 9 nitrogen and oxygen atoms in total. The molecule has 2 amide bonds. The van der Waals surface area contributed by atoms with Gasteiger partial charge in [0.2, 0.25) is 0 Å². The van der Waals surface area contributed by atoms with E-state index in [-0.39, 0.29) is 19.6 Å². The second-order valence-corrected chi connectivity index (χ2v) is 11.4. The Morgan fingerprint density at radius 1 is 0.786 bits per heavy atom. The molecule has 9 heteroatoms. The molecule has 226 valence electrons. The zero-order chi connectivity index (χ0) is 30.5. The third kappa shape index (κ3) is 11.5. The summed E-state index contributed by atoms with van der Waals surface area (Å²) in [5, 5.41) is 40.5. The van der Waals surface area contributed by atoms with Crippen LogP contribution in [0.15, 0.2) is 91.0 Å². The first-order chi connectivity index (χ1) is 20.0. The van der Waals surface area contributed by atoms with E-state index >= 15 is 0 Å². The van der Waals surface area contributed by atoms with E-state index in [1.54, 1.807) is 20.8 Å². The Balaban J connectivity index is 1.74. The first-order valence-corrected chi connectivity index (χ1v) is 14.2. The van der Waals surface area contributed by atoms with E-state index < -0.39 is 42.1 Å². The molecule has 42 heavy (non-hydrogen) atoms. The van der Waals surface area contributed by atoms with Gasteiger partial charge in [0.05, 0.1) is 18.2 Å². The van der Waals surface area contributed by atoms with Gasteiger partial charge in [-0.2, -0.15) is 0 Å². The lowest BCUT2D eigenvalue weighted by molar-refractivity contribution is -0.267. The number of nitrogens with one attached hydrogen (secondary N) is 2. The number of alkyl carbamates (subject to hydrolysis) is 1. The molecule has 0 aromatic heterocycles. The lowest BCUT2D eigenvalue weighted by atomic mass is 9.98. The van der Waals surface area contributed by atoms with Crippen LogP contribution in [0.5, 0.6) is 0 Å². The summed E-state index contributed by atoms with van der Waals surface area (Å²) in [6.45, 7) is 5.19. The molecule has 0 aliphatic heterocycles. The van der Waals surface area contributed by atoms with Crippen LogP contribution in [0.3, 0.4) is 0 Å². The van der Waals surface area contributed by atoms with Crippen molar-refractivity contribution in [2.24, 2.45) is 0 Å². The smallest absolute Gasteiger partial charge is 0.407 e. The molecule has 3 aromatic carbocycles. The molecule has 0 fully saturated rings. The van der Waals surface area contributed by atoms with E-state index in [9.17, 15) is 24.9 Å². The number of carboxylic acid groups (broad SMARTS) is 1. The van der Waals surface area contributed by atoms with Crippen LogP contribution in [-0.4, -0.2) is 70.3 Å². The summed E-state index contributed by atoms with van der Waals surface area (Å²) >= 11 is 0. The van der Waals surface area contributed by atoms with Gasteiger partial charge in [0.1, 0.15) is 11.7 Å². The number of rotatable bonds is 14. The number of amides is 2. The highest BCUT2D eigenvalue weighted by Crippen LogP contribution is 2.13. The van der Waals surface area contributed by atoms with Crippen molar-refractivity contribution >= 4 is 12.2 Å². The fourth-order valence-electron chi connectivity index (χ4n) is 4.60. The SMILES string of the molecule is CC(C)(C)OC(=O)N[C@@H](Cc1ccccc1)[C@H](O)CN[C@H](Cc1ccccc1)[C@H](O)CN(Cc1ccccc1)C(=O)[O-]. The molecule has 0 bridgehead atoms. The van der Waals surface area contributed by atoms with Gasteiger partial charge in [-0.15, -0.1) is 0 Å². The Bertz CT molecular complexity index is 1220. The summed E-state index contributed by atoms with van der Waals surface area (Å²) in [4.78, 5) is 25.6. The Labute approximate surface area is 248 Å². The highest BCUT2D eigenvalue weighted by molar-refractivity contribution is 5.68. The predicted molar refractivity (Wildman–Crippen MR) is 160 cm³/mol. The number of hydrogen-bond donors (Lipinski definition) is 4. The van der Waals surface area contributed by atoms with Crippen LogP contribution in [0.2, 0.25) is 0 Å². The van der Waals surface area contributed by atoms with E-state index in [4.69, 9.17) is 4.74 Å². The molecule has 3 aromatic rings. The number of aliphatic hydroxyl groups is 2. The summed E-state index contributed by atoms with van der Waals surface area (Å²) in [7, 11) is 0.